The minimum Gasteiger partial charge on any atom is -0.201 e. The van der Waals surface area contributed by atoms with E-state index < -0.39 is 0 Å². The van der Waals surface area contributed by atoms with Gasteiger partial charge in [0.1, 0.15) is 7.05 Å². The predicted molar refractivity (Wildman–Crippen MR) is 83.6 cm³/mol. The number of benzene rings is 1. The zero-order chi connectivity index (χ0) is 14.3. The Balaban J connectivity index is 2.10. The number of pyridine rings is 1. The first-order valence-electron chi connectivity index (χ1n) is 7.54. The minimum absolute atomic E-state index is 0.457. The van der Waals surface area contributed by atoms with Gasteiger partial charge >= 0.3 is 0 Å². The standard InChI is InChI=1S/C19H24N/c1-14-11-16-13-19(2,3)9-8-15(16)12-17(14)18-7-5-6-10-20(18)4/h5-7,10-12H,8-9,13H2,1-4H3/q+1. The van der Waals surface area contributed by atoms with E-state index in [1.807, 2.05) is 0 Å². The average molecular weight is 266 g/mol. The molecule has 0 radical (unpaired) electrons. The van der Waals surface area contributed by atoms with Crippen LogP contribution in [0.5, 0.6) is 0 Å². The van der Waals surface area contributed by atoms with Gasteiger partial charge in [0.15, 0.2) is 6.20 Å². The molecular formula is C19H24N+. The normalized spacial score (nSPS) is 16.8. The van der Waals surface area contributed by atoms with Gasteiger partial charge < -0.3 is 0 Å². The van der Waals surface area contributed by atoms with Crippen LogP contribution < -0.4 is 4.57 Å². The number of rotatable bonds is 1. The molecule has 20 heavy (non-hydrogen) atoms. The molecule has 0 fully saturated rings. The summed E-state index contributed by atoms with van der Waals surface area (Å²) in [7, 11) is 2.12. The van der Waals surface area contributed by atoms with Crippen molar-refractivity contribution in [2.45, 2.75) is 40.0 Å². The molecule has 0 atom stereocenters. The summed E-state index contributed by atoms with van der Waals surface area (Å²) >= 11 is 0. The molecule has 1 aliphatic rings. The van der Waals surface area contributed by atoms with E-state index in [-0.39, 0.29) is 0 Å². The molecule has 2 aromatic rings. The van der Waals surface area contributed by atoms with Gasteiger partial charge in [-0.15, -0.1) is 0 Å². The highest BCUT2D eigenvalue weighted by molar-refractivity contribution is 5.63. The largest absolute Gasteiger partial charge is 0.212 e. The van der Waals surface area contributed by atoms with Crippen LogP contribution in [-0.4, -0.2) is 0 Å². The second kappa shape index (κ2) is 4.73. The zero-order valence-electron chi connectivity index (χ0n) is 13.0. The van der Waals surface area contributed by atoms with Crippen LogP contribution in [0.3, 0.4) is 0 Å². The molecule has 104 valence electrons. The molecule has 0 bridgehead atoms. The second-order valence-electron chi connectivity index (χ2n) is 6.97. The number of nitrogens with zero attached hydrogens (tertiary/aromatic N) is 1. The van der Waals surface area contributed by atoms with Crippen molar-refractivity contribution in [2.75, 3.05) is 0 Å². The third-order valence-electron chi connectivity index (χ3n) is 4.62. The van der Waals surface area contributed by atoms with Gasteiger partial charge in [0.05, 0.1) is 0 Å². The predicted octanol–water partition coefficient (Wildman–Crippen LogP) is 4.00. The smallest absolute Gasteiger partial charge is 0.201 e. The van der Waals surface area contributed by atoms with Crippen LogP contribution in [0.4, 0.5) is 0 Å². The Morgan fingerprint density at radius 2 is 1.90 bits per heavy atom. The lowest BCUT2D eigenvalue weighted by molar-refractivity contribution is -0.660. The van der Waals surface area contributed by atoms with Gasteiger partial charge in [-0.1, -0.05) is 19.9 Å². The summed E-state index contributed by atoms with van der Waals surface area (Å²) in [6, 6.07) is 11.3. The minimum atomic E-state index is 0.457. The van der Waals surface area contributed by atoms with Gasteiger partial charge in [0, 0.05) is 17.7 Å². The molecule has 0 N–H and O–H groups in total. The van der Waals surface area contributed by atoms with Crippen LogP contribution in [-0.2, 0) is 19.9 Å². The van der Waals surface area contributed by atoms with Gasteiger partial charge in [-0.05, 0) is 60.4 Å². The summed E-state index contributed by atoms with van der Waals surface area (Å²) in [4.78, 5) is 0. The highest BCUT2D eigenvalue weighted by atomic mass is 14.9. The Labute approximate surface area is 122 Å². The lowest BCUT2D eigenvalue weighted by Gasteiger charge is -2.31. The summed E-state index contributed by atoms with van der Waals surface area (Å²) in [6.45, 7) is 7.01. The molecule has 1 heterocycles. The Hall–Kier alpha value is -1.63. The van der Waals surface area contributed by atoms with Crippen molar-refractivity contribution in [1.29, 1.82) is 0 Å². The van der Waals surface area contributed by atoms with Crippen LogP contribution >= 0.6 is 0 Å². The SMILES string of the molecule is Cc1cc2c(cc1-c1cccc[n+]1C)CCC(C)(C)C2. The molecule has 0 amide bonds. The van der Waals surface area contributed by atoms with Crippen molar-refractivity contribution in [2.24, 2.45) is 12.5 Å². The third kappa shape index (κ3) is 2.37. The Kier molecular flexibility index (Phi) is 3.16. The summed E-state index contributed by atoms with van der Waals surface area (Å²) in [6.07, 6.45) is 5.84. The number of fused-ring (bicyclic) bond motifs is 1. The highest BCUT2D eigenvalue weighted by Gasteiger charge is 2.26. The van der Waals surface area contributed by atoms with E-state index in [9.17, 15) is 0 Å². The quantitative estimate of drug-likeness (QED) is 0.687. The van der Waals surface area contributed by atoms with Crippen LogP contribution in [0.2, 0.25) is 0 Å². The molecule has 3 rings (SSSR count). The number of aromatic nitrogens is 1. The van der Waals surface area contributed by atoms with E-state index in [0.717, 1.165) is 0 Å². The third-order valence-corrected chi connectivity index (χ3v) is 4.62. The van der Waals surface area contributed by atoms with E-state index in [1.165, 1.54) is 36.1 Å². The first-order chi connectivity index (χ1) is 9.46. The summed E-state index contributed by atoms with van der Waals surface area (Å²) in [5, 5.41) is 0. The summed E-state index contributed by atoms with van der Waals surface area (Å²) in [5.74, 6) is 0. The van der Waals surface area contributed by atoms with Crippen molar-refractivity contribution < 1.29 is 4.57 Å². The monoisotopic (exact) mass is 266 g/mol. The van der Waals surface area contributed by atoms with Crippen LogP contribution in [0.1, 0.15) is 37.0 Å². The lowest BCUT2D eigenvalue weighted by Crippen LogP contribution is -2.30. The highest BCUT2D eigenvalue weighted by Crippen LogP contribution is 2.37. The van der Waals surface area contributed by atoms with E-state index in [4.69, 9.17) is 0 Å². The van der Waals surface area contributed by atoms with E-state index in [0.29, 0.717) is 5.41 Å². The van der Waals surface area contributed by atoms with Crippen LogP contribution in [0.15, 0.2) is 36.5 Å². The van der Waals surface area contributed by atoms with Crippen molar-refractivity contribution in [3.05, 3.63) is 53.2 Å². The molecule has 1 aromatic heterocycles. The van der Waals surface area contributed by atoms with Gasteiger partial charge in [-0.2, -0.15) is 0 Å². The van der Waals surface area contributed by atoms with Crippen molar-refractivity contribution in [1.82, 2.24) is 0 Å². The fourth-order valence-electron chi connectivity index (χ4n) is 3.37. The molecule has 1 aromatic carbocycles. The zero-order valence-corrected chi connectivity index (χ0v) is 13.0. The second-order valence-corrected chi connectivity index (χ2v) is 6.97. The van der Waals surface area contributed by atoms with Crippen molar-refractivity contribution in [3.8, 4) is 11.3 Å². The van der Waals surface area contributed by atoms with Gasteiger partial charge in [0.25, 0.3) is 0 Å². The number of hydrogen-bond donors (Lipinski definition) is 0. The molecule has 0 aliphatic heterocycles. The van der Waals surface area contributed by atoms with Gasteiger partial charge in [-0.3, -0.25) is 0 Å². The maximum Gasteiger partial charge on any atom is 0.212 e. The molecule has 1 aliphatic carbocycles. The Bertz CT molecular complexity index is 653. The van der Waals surface area contributed by atoms with Gasteiger partial charge in [0.2, 0.25) is 5.69 Å². The maximum absolute atomic E-state index is 2.43. The molecule has 0 saturated carbocycles. The first kappa shape index (κ1) is 13.4. The fourth-order valence-corrected chi connectivity index (χ4v) is 3.37. The fraction of sp³-hybridized carbons (Fsp3) is 0.421. The average Bonchev–Trinajstić information content (AvgIpc) is 2.38. The van der Waals surface area contributed by atoms with Crippen LogP contribution in [0, 0.1) is 12.3 Å². The number of hydrogen-bond acceptors (Lipinski definition) is 0. The van der Waals surface area contributed by atoms with E-state index >= 15 is 0 Å². The van der Waals surface area contributed by atoms with Crippen LogP contribution in [0.25, 0.3) is 11.3 Å². The number of aryl methyl sites for hydroxylation is 3. The van der Waals surface area contributed by atoms with Crippen molar-refractivity contribution in [3.63, 3.8) is 0 Å². The van der Waals surface area contributed by atoms with E-state index in [2.05, 4.69) is 68.9 Å². The molecule has 0 spiro atoms. The van der Waals surface area contributed by atoms with E-state index in [1.54, 1.807) is 11.1 Å². The molecular weight excluding hydrogens is 242 g/mol. The van der Waals surface area contributed by atoms with Gasteiger partial charge in [-0.25, -0.2) is 4.57 Å². The summed E-state index contributed by atoms with van der Waals surface area (Å²) < 4.78 is 2.21. The topological polar surface area (TPSA) is 3.88 Å². The Morgan fingerprint density at radius 3 is 2.65 bits per heavy atom. The molecule has 1 heteroatoms. The molecule has 1 nitrogen and oxygen atoms in total. The maximum atomic E-state index is 2.43. The summed E-state index contributed by atoms with van der Waals surface area (Å²) in [5.41, 5.74) is 7.64. The van der Waals surface area contributed by atoms with Crippen molar-refractivity contribution >= 4 is 0 Å². The molecule has 0 saturated heterocycles. The first-order valence-corrected chi connectivity index (χ1v) is 7.54. The lowest BCUT2D eigenvalue weighted by atomic mass is 9.73. The molecule has 0 unspecified atom stereocenters. The Morgan fingerprint density at radius 1 is 1.10 bits per heavy atom.